The topological polar surface area (TPSA) is 41.1 Å². The number of carbonyl (C=O) groups is 1. The van der Waals surface area contributed by atoms with Gasteiger partial charge >= 0.3 is 0 Å². The second kappa shape index (κ2) is 4.59. The van der Waals surface area contributed by atoms with Gasteiger partial charge in [0.1, 0.15) is 6.29 Å². The molecule has 3 heteroatoms. The molecule has 1 saturated carbocycles. The Hall–Kier alpha value is -1.19. The van der Waals surface area contributed by atoms with Crippen molar-refractivity contribution in [2.45, 2.75) is 31.3 Å². The number of hydrogen-bond acceptors (Lipinski definition) is 3. The zero-order chi connectivity index (χ0) is 11.7. The normalized spacial score (nSPS) is 36.5. The Morgan fingerprint density at radius 2 is 1.94 bits per heavy atom. The number of hydrogen-bond donors (Lipinski definition) is 2. The van der Waals surface area contributed by atoms with Gasteiger partial charge in [-0.15, -0.1) is 0 Å². The molecule has 17 heavy (non-hydrogen) atoms. The van der Waals surface area contributed by atoms with Gasteiger partial charge in [-0.25, -0.2) is 5.43 Å². The van der Waals surface area contributed by atoms with Crippen LogP contribution < -0.4 is 10.9 Å². The average Bonchev–Trinajstić information content (AvgIpc) is 2.82. The SMILES string of the molecule is O=CC1CCC2NNC(c3ccccc3)C2C1. The van der Waals surface area contributed by atoms with Gasteiger partial charge in [0.25, 0.3) is 0 Å². The van der Waals surface area contributed by atoms with E-state index in [0.29, 0.717) is 18.0 Å². The van der Waals surface area contributed by atoms with E-state index < -0.39 is 0 Å². The number of rotatable bonds is 2. The lowest BCUT2D eigenvalue weighted by Gasteiger charge is -2.30. The molecule has 2 aliphatic rings. The van der Waals surface area contributed by atoms with Crippen LogP contribution in [0.2, 0.25) is 0 Å². The zero-order valence-electron chi connectivity index (χ0n) is 9.80. The largest absolute Gasteiger partial charge is 0.303 e. The van der Waals surface area contributed by atoms with E-state index in [-0.39, 0.29) is 5.92 Å². The summed E-state index contributed by atoms with van der Waals surface area (Å²) in [5.74, 6) is 0.797. The first-order chi connectivity index (χ1) is 8.38. The molecule has 90 valence electrons. The first-order valence-corrected chi connectivity index (χ1v) is 6.40. The number of carbonyl (C=O) groups excluding carboxylic acids is 1. The molecule has 1 aliphatic heterocycles. The molecule has 1 saturated heterocycles. The molecule has 3 rings (SSSR count). The highest BCUT2D eigenvalue weighted by Gasteiger charge is 2.40. The average molecular weight is 230 g/mol. The number of nitrogens with one attached hydrogen (secondary N) is 2. The molecule has 0 aromatic heterocycles. The standard InChI is InChI=1S/C14H18N2O/c17-9-10-6-7-13-12(8-10)14(16-15-13)11-4-2-1-3-5-11/h1-5,9-10,12-16H,6-8H2. The van der Waals surface area contributed by atoms with Gasteiger partial charge in [-0.3, -0.25) is 5.43 Å². The fourth-order valence-corrected chi connectivity index (χ4v) is 3.21. The Kier molecular flexibility index (Phi) is 2.95. The third-order valence-corrected chi connectivity index (χ3v) is 4.14. The molecule has 0 spiro atoms. The third kappa shape index (κ3) is 2.01. The molecule has 1 aromatic carbocycles. The van der Waals surface area contributed by atoms with Crippen LogP contribution in [0.5, 0.6) is 0 Å². The third-order valence-electron chi connectivity index (χ3n) is 4.14. The molecule has 4 atom stereocenters. The van der Waals surface area contributed by atoms with Crippen LogP contribution in [-0.4, -0.2) is 12.3 Å². The summed E-state index contributed by atoms with van der Waals surface area (Å²) in [5, 5.41) is 0. The quantitative estimate of drug-likeness (QED) is 0.761. The molecule has 0 bridgehead atoms. The first-order valence-electron chi connectivity index (χ1n) is 6.40. The first kappa shape index (κ1) is 10.9. The Labute approximate surface area is 102 Å². The predicted octanol–water partition coefficient (Wildman–Crippen LogP) is 1.82. The van der Waals surface area contributed by atoms with E-state index in [2.05, 4.69) is 35.1 Å². The van der Waals surface area contributed by atoms with E-state index in [1.807, 2.05) is 6.07 Å². The number of benzene rings is 1. The van der Waals surface area contributed by atoms with Crippen molar-refractivity contribution in [1.82, 2.24) is 10.9 Å². The minimum absolute atomic E-state index is 0.254. The summed E-state index contributed by atoms with van der Waals surface area (Å²) >= 11 is 0. The van der Waals surface area contributed by atoms with Crippen molar-refractivity contribution >= 4 is 6.29 Å². The molecule has 1 heterocycles. The summed E-state index contributed by atoms with van der Waals surface area (Å²) in [4.78, 5) is 11.0. The van der Waals surface area contributed by atoms with Crippen LogP contribution in [-0.2, 0) is 4.79 Å². The lowest BCUT2D eigenvalue weighted by Crippen LogP contribution is -2.35. The minimum Gasteiger partial charge on any atom is -0.303 e. The van der Waals surface area contributed by atoms with Gasteiger partial charge in [0, 0.05) is 12.0 Å². The Morgan fingerprint density at radius 3 is 2.71 bits per heavy atom. The molecule has 4 unspecified atom stereocenters. The predicted molar refractivity (Wildman–Crippen MR) is 66.1 cm³/mol. The summed E-state index contributed by atoms with van der Waals surface area (Å²) in [6.07, 6.45) is 4.27. The van der Waals surface area contributed by atoms with Crippen LogP contribution in [0.3, 0.4) is 0 Å². The van der Waals surface area contributed by atoms with Crippen LogP contribution in [0.4, 0.5) is 0 Å². The molecular weight excluding hydrogens is 212 g/mol. The van der Waals surface area contributed by atoms with Crippen LogP contribution in [0.25, 0.3) is 0 Å². The lowest BCUT2D eigenvalue weighted by molar-refractivity contribution is -0.112. The Bertz CT molecular complexity index is 392. The van der Waals surface area contributed by atoms with Crippen molar-refractivity contribution in [3.63, 3.8) is 0 Å². The zero-order valence-corrected chi connectivity index (χ0v) is 9.80. The van der Waals surface area contributed by atoms with Crippen molar-refractivity contribution in [1.29, 1.82) is 0 Å². The maximum atomic E-state index is 11.0. The monoisotopic (exact) mass is 230 g/mol. The maximum Gasteiger partial charge on any atom is 0.123 e. The number of aldehydes is 1. The van der Waals surface area contributed by atoms with Gasteiger partial charge in [-0.1, -0.05) is 30.3 Å². The second-order valence-corrected chi connectivity index (χ2v) is 5.16. The highest BCUT2D eigenvalue weighted by molar-refractivity contribution is 5.53. The summed E-state index contributed by atoms with van der Waals surface area (Å²) in [6.45, 7) is 0. The van der Waals surface area contributed by atoms with Crippen molar-refractivity contribution < 1.29 is 4.79 Å². The molecule has 0 radical (unpaired) electrons. The second-order valence-electron chi connectivity index (χ2n) is 5.16. The van der Waals surface area contributed by atoms with Crippen LogP contribution in [0, 0.1) is 11.8 Å². The van der Waals surface area contributed by atoms with E-state index in [9.17, 15) is 4.79 Å². The maximum absolute atomic E-state index is 11.0. The summed E-state index contributed by atoms with van der Waals surface area (Å²) in [7, 11) is 0. The Balaban J connectivity index is 1.81. The van der Waals surface area contributed by atoms with Gasteiger partial charge < -0.3 is 4.79 Å². The van der Waals surface area contributed by atoms with E-state index in [1.54, 1.807) is 0 Å². The van der Waals surface area contributed by atoms with Crippen LogP contribution >= 0.6 is 0 Å². The fourth-order valence-electron chi connectivity index (χ4n) is 3.21. The highest BCUT2D eigenvalue weighted by Crippen LogP contribution is 2.39. The summed E-state index contributed by atoms with van der Waals surface area (Å²) < 4.78 is 0. The molecule has 2 N–H and O–H groups in total. The molecule has 1 aromatic rings. The van der Waals surface area contributed by atoms with Gasteiger partial charge in [-0.05, 0) is 30.7 Å². The number of fused-ring (bicyclic) bond motifs is 1. The fraction of sp³-hybridized carbons (Fsp3) is 0.500. The van der Waals surface area contributed by atoms with Crippen molar-refractivity contribution in [2.24, 2.45) is 11.8 Å². The van der Waals surface area contributed by atoms with Crippen LogP contribution in [0.15, 0.2) is 30.3 Å². The van der Waals surface area contributed by atoms with E-state index >= 15 is 0 Å². The summed E-state index contributed by atoms with van der Waals surface area (Å²) in [6, 6.07) is 11.4. The Morgan fingerprint density at radius 1 is 1.12 bits per heavy atom. The van der Waals surface area contributed by atoms with Crippen molar-refractivity contribution in [2.75, 3.05) is 0 Å². The van der Waals surface area contributed by atoms with Crippen molar-refractivity contribution in [3.8, 4) is 0 Å². The molecule has 2 fully saturated rings. The van der Waals surface area contributed by atoms with E-state index in [0.717, 1.165) is 25.5 Å². The van der Waals surface area contributed by atoms with Gasteiger partial charge in [0.15, 0.2) is 0 Å². The van der Waals surface area contributed by atoms with E-state index in [4.69, 9.17) is 0 Å². The summed E-state index contributed by atoms with van der Waals surface area (Å²) in [5.41, 5.74) is 8.10. The smallest absolute Gasteiger partial charge is 0.123 e. The minimum atomic E-state index is 0.254. The number of hydrazine groups is 1. The molecule has 0 amide bonds. The van der Waals surface area contributed by atoms with Crippen molar-refractivity contribution in [3.05, 3.63) is 35.9 Å². The highest BCUT2D eigenvalue weighted by atomic mass is 16.1. The molecular formula is C14H18N2O. The molecule has 3 nitrogen and oxygen atoms in total. The molecule has 1 aliphatic carbocycles. The van der Waals surface area contributed by atoms with E-state index in [1.165, 1.54) is 5.56 Å². The van der Waals surface area contributed by atoms with Crippen LogP contribution in [0.1, 0.15) is 30.9 Å². The van der Waals surface area contributed by atoms with Gasteiger partial charge in [0.05, 0.1) is 6.04 Å². The van der Waals surface area contributed by atoms with Gasteiger partial charge in [0.2, 0.25) is 0 Å². The lowest BCUT2D eigenvalue weighted by atomic mass is 9.75. The van der Waals surface area contributed by atoms with Gasteiger partial charge in [-0.2, -0.15) is 0 Å².